The number of nitrogens with one attached hydrogen (secondary N) is 1. The topological polar surface area (TPSA) is 101 Å². The highest BCUT2D eigenvalue weighted by Gasteiger charge is 2.18. The van der Waals surface area contributed by atoms with Gasteiger partial charge in [0.25, 0.3) is 0 Å². The number of pyridine rings is 1. The monoisotopic (exact) mass is 487 g/mol. The van der Waals surface area contributed by atoms with Crippen LogP contribution in [-0.2, 0) is 7.05 Å². The molecule has 0 aliphatic carbocycles. The third-order valence-corrected chi connectivity index (χ3v) is 5.73. The van der Waals surface area contributed by atoms with Crippen molar-refractivity contribution in [2.75, 3.05) is 26.0 Å². The molecule has 5 rings (SSSR count). The van der Waals surface area contributed by atoms with Crippen LogP contribution in [0.15, 0.2) is 55.2 Å². The van der Waals surface area contributed by atoms with Crippen LogP contribution in [-0.4, -0.2) is 61.5 Å². The number of anilines is 2. The molecule has 0 saturated heterocycles. The first-order chi connectivity index (χ1) is 17.3. The second-order valence-electron chi connectivity index (χ2n) is 9.00. The standard InChI is InChI=1S/C26H26FN7O2/c1-15(12-33(2)3)36-23-8-16(17-10-31-34(4)13-17)7-22-24(23)26(30-14-29-22)32-21-6-5-20-19(25(21)27)9-18(35)11-28-20/h5-11,13-15,35H,12H2,1-4H3,(H,29,30,32)/t15-/m1/s1. The summed E-state index contributed by atoms with van der Waals surface area (Å²) in [5.74, 6) is 0.318. The van der Waals surface area contributed by atoms with Gasteiger partial charge in [-0.2, -0.15) is 5.10 Å². The highest BCUT2D eigenvalue weighted by Crippen LogP contribution is 2.37. The Morgan fingerprint density at radius 1 is 1.08 bits per heavy atom. The van der Waals surface area contributed by atoms with Crippen molar-refractivity contribution in [2.24, 2.45) is 7.05 Å². The van der Waals surface area contributed by atoms with Gasteiger partial charge in [-0.25, -0.2) is 14.4 Å². The Labute approximate surface area is 207 Å². The lowest BCUT2D eigenvalue weighted by Gasteiger charge is -2.21. The Hall–Kier alpha value is -4.31. The molecule has 0 spiro atoms. The number of nitrogens with zero attached hydrogens (tertiary/aromatic N) is 6. The number of hydrogen-bond donors (Lipinski definition) is 2. The number of ether oxygens (including phenoxy) is 1. The molecule has 0 aliphatic heterocycles. The van der Waals surface area contributed by atoms with Gasteiger partial charge in [0.15, 0.2) is 5.82 Å². The van der Waals surface area contributed by atoms with E-state index in [0.717, 1.165) is 11.1 Å². The fourth-order valence-electron chi connectivity index (χ4n) is 4.22. The van der Waals surface area contributed by atoms with Gasteiger partial charge in [0.05, 0.1) is 34.5 Å². The number of hydrogen-bond acceptors (Lipinski definition) is 8. The van der Waals surface area contributed by atoms with Crippen LogP contribution >= 0.6 is 0 Å². The van der Waals surface area contributed by atoms with Gasteiger partial charge >= 0.3 is 0 Å². The van der Waals surface area contributed by atoms with E-state index in [2.05, 4.69) is 25.4 Å². The smallest absolute Gasteiger partial charge is 0.156 e. The van der Waals surface area contributed by atoms with Crippen LogP contribution in [0.4, 0.5) is 15.9 Å². The van der Waals surface area contributed by atoms with Crippen molar-refractivity contribution in [3.8, 4) is 22.6 Å². The van der Waals surface area contributed by atoms with Crippen molar-refractivity contribution in [3.05, 3.63) is 61.1 Å². The number of aromatic hydroxyl groups is 1. The minimum absolute atomic E-state index is 0.112. The Balaban J connectivity index is 1.63. The molecule has 1 atom stereocenters. The first kappa shape index (κ1) is 23.4. The number of likely N-dealkylation sites (N-methyl/N-ethyl adjacent to an activating group) is 1. The van der Waals surface area contributed by atoms with Crippen LogP contribution in [0, 0.1) is 5.82 Å². The Bertz CT molecular complexity index is 1570. The molecule has 2 aromatic carbocycles. The van der Waals surface area contributed by atoms with E-state index in [1.165, 1.54) is 18.6 Å². The van der Waals surface area contributed by atoms with Gasteiger partial charge in [-0.05, 0) is 56.9 Å². The molecule has 5 aromatic rings. The summed E-state index contributed by atoms with van der Waals surface area (Å²) in [5.41, 5.74) is 3.09. The van der Waals surface area contributed by atoms with E-state index in [0.29, 0.717) is 34.5 Å². The molecule has 0 saturated carbocycles. The van der Waals surface area contributed by atoms with Crippen LogP contribution < -0.4 is 10.1 Å². The summed E-state index contributed by atoms with van der Waals surface area (Å²) in [6.07, 6.45) is 6.28. The van der Waals surface area contributed by atoms with Crippen molar-refractivity contribution in [1.29, 1.82) is 0 Å². The number of benzene rings is 2. The Morgan fingerprint density at radius 3 is 2.67 bits per heavy atom. The van der Waals surface area contributed by atoms with Crippen LogP contribution in [0.1, 0.15) is 6.92 Å². The lowest BCUT2D eigenvalue weighted by atomic mass is 10.1. The summed E-state index contributed by atoms with van der Waals surface area (Å²) < 4.78 is 23.5. The van der Waals surface area contributed by atoms with Crippen LogP contribution in [0.2, 0.25) is 0 Å². The highest BCUT2D eigenvalue weighted by atomic mass is 19.1. The average Bonchev–Trinajstić information content (AvgIpc) is 3.27. The van der Waals surface area contributed by atoms with Gasteiger partial charge in [-0.1, -0.05) is 0 Å². The van der Waals surface area contributed by atoms with Crippen LogP contribution in [0.3, 0.4) is 0 Å². The molecule has 0 amide bonds. The maximum Gasteiger partial charge on any atom is 0.156 e. The zero-order chi connectivity index (χ0) is 25.4. The fraction of sp³-hybridized carbons (Fsp3) is 0.231. The Kier molecular flexibility index (Phi) is 6.11. The predicted molar refractivity (Wildman–Crippen MR) is 137 cm³/mol. The molecule has 184 valence electrons. The summed E-state index contributed by atoms with van der Waals surface area (Å²) in [7, 11) is 5.82. The maximum atomic E-state index is 15.4. The summed E-state index contributed by atoms with van der Waals surface area (Å²) >= 11 is 0. The second kappa shape index (κ2) is 9.38. The van der Waals surface area contributed by atoms with Crippen molar-refractivity contribution >= 4 is 33.3 Å². The molecule has 0 radical (unpaired) electrons. The van der Waals surface area contributed by atoms with Gasteiger partial charge in [-0.3, -0.25) is 9.67 Å². The summed E-state index contributed by atoms with van der Waals surface area (Å²) in [6.45, 7) is 2.69. The first-order valence-electron chi connectivity index (χ1n) is 11.4. The number of aryl methyl sites for hydroxylation is 1. The number of rotatable bonds is 7. The summed E-state index contributed by atoms with van der Waals surface area (Å²) in [4.78, 5) is 15.0. The minimum Gasteiger partial charge on any atom is -0.506 e. The molecule has 36 heavy (non-hydrogen) atoms. The molecule has 2 N–H and O–H groups in total. The fourth-order valence-corrected chi connectivity index (χ4v) is 4.22. The molecule has 0 unspecified atom stereocenters. The van der Waals surface area contributed by atoms with Gasteiger partial charge in [0.1, 0.15) is 29.7 Å². The SMILES string of the molecule is C[C@H](CN(C)C)Oc1cc(-c2cnn(C)c2)cc2ncnc(Nc3ccc4ncc(O)cc4c3F)c12. The van der Waals surface area contributed by atoms with Gasteiger partial charge in [-0.15, -0.1) is 0 Å². The van der Waals surface area contributed by atoms with E-state index in [4.69, 9.17) is 4.74 Å². The summed E-state index contributed by atoms with van der Waals surface area (Å²) in [5, 5.41) is 18.0. The van der Waals surface area contributed by atoms with Crippen molar-refractivity contribution < 1.29 is 14.2 Å². The van der Waals surface area contributed by atoms with Gasteiger partial charge in [0, 0.05) is 30.7 Å². The number of halogens is 1. The molecule has 9 nitrogen and oxygen atoms in total. The zero-order valence-corrected chi connectivity index (χ0v) is 20.4. The van der Waals surface area contributed by atoms with E-state index in [1.54, 1.807) is 23.0 Å². The lowest BCUT2D eigenvalue weighted by molar-refractivity contribution is 0.179. The van der Waals surface area contributed by atoms with Gasteiger partial charge < -0.3 is 20.1 Å². The summed E-state index contributed by atoms with van der Waals surface area (Å²) in [6, 6.07) is 8.48. The normalized spacial score (nSPS) is 12.4. The molecule has 3 aromatic heterocycles. The third kappa shape index (κ3) is 4.63. The van der Waals surface area contributed by atoms with E-state index in [9.17, 15) is 5.11 Å². The van der Waals surface area contributed by atoms with E-state index >= 15 is 4.39 Å². The van der Waals surface area contributed by atoms with Crippen molar-refractivity contribution in [3.63, 3.8) is 0 Å². The largest absolute Gasteiger partial charge is 0.506 e. The molecular weight excluding hydrogens is 461 g/mol. The quantitative estimate of drug-likeness (QED) is 0.346. The molecule has 3 heterocycles. The van der Waals surface area contributed by atoms with E-state index in [1.807, 2.05) is 51.3 Å². The molecule has 10 heteroatoms. The lowest BCUT2D eigenvalue weighted by Crippen LogP contribution is -2.28. The van der Waals surface area contributed by atoms with Crippen LogP contribution in [0.5, 0.6) is 11.5 Å². The predicted octanol–water partition coefficient (Wildman–Crippen LogP) is 4.50. The average molecular weight is 488 g/mol. The Morgan fingerprint density at radius 2 is 1.92 bits per heavy atom. The van der Waals surface area contributed by atoms with Crippen molar-refractivity contribution in [2.45, 2.75) is 13.0 Å². The first-order valence-corrected chi connectivity index (χ1v) is 11.4. The van der Waals surface area contributed by atoms with E-state index < -0.39 is 5.82 Å². The van der Waals surface area contributed by atoms with Crippen LogP contribution in [0.25, 0.3) is 32.9 Å². The maximum absolute atomic E-state index is 15.4. The number of fused-ring (bicyclic) bond motifs is 2. The molecule has 0 bridgehead atoms. The zero-order valence-electron chi connectivity index (χ0n) is 20.4. The second-order valence-corrected chi connectivity index (χ2v) is 9.00. The number of aromatic nitrogens is 5. The van der Waals surface area contributed by atoms with E-state index in [-0.39, 0.29) is 22.9 Å². The highest BCUT2D eigenvalue weighted by molar-refractivity contribution is 5.99. The molecule has 0 fully saturated rings. The van der Waals surface area contributed by atoms with Gasteiger partial charge in [0.2, 0.25) is 0 Å². The molecular formula is C26H26FN7O2. The minimum atomic E-state index is -0.543. The third-order valence-electron chi connectivity index (χ3n) is 5.73. The molecule has 0 aliphatic rings. The van der Waals surface area contributed by atoms with Crippen molar-refractivity contribution in [1.82, 2.24) is 29.6 Å².